The molecule has 0 spiro atoms. The molecule has 0 aromatic rings. The Kier molecular flexibility index (Phi) is 4.66. The van der Waals surface area contributed by atoms with Crippen molar-refractivity contribution in [3.05, 3.63) is 0 Å². The van der Waals surface area contributed by atoms with E-state index in [0.29, 0.717) is 12.1 Å². The van der Waals surface area contributed by atoms with Crippen molar-refractivity contribution in [2.24, 2.45) is 10.9 Å². The molecule has 0 bridgehead atoms. The Labute approximate surface area is 104 Å². The first-order chi connectivity index (χ1) is 8.33. The fourth-order valence-electron chi connectivity index (χ4n) is 2.50. The van der Waals surface area contributed by atoms with Gasteiger partial charge in [-0.2, -0.15) is 0 Å². The molecule has 2 aliphatic rings. The Balaban J connectivity index is 1.64. The van der Waals surface area contributed by atoms with E-state index >= 15 is 0 Å². The van der Waals surface area contributed by atoms with Gasteiger partial charge in [-0.05, 0) is 31.6 Å². The van der Waals surface area contributed by atoms with E-state index in [1.54, 1.807) is 0 Å². The van der Waals surface area contributed by atoms with Gasteiger partial charge in [-0.1, -0.05) is 13.3 Å². The van der Waals surface area contributed by atoms with E-state index in [4.69, 9.17) is 4.74 Å². The van der Waals surface area contributed by atoms with Crippen LogP contribution in [0.15, 0.2) is 4.99 Å². The number of aliphatic imine (C=N–C) groups is 1. The zero-order valence-corrected chi connectivity index (χ0v) is 11.0. The molecule has 2 N–H and O–H groups in total. The second-order valence-electron chi connectivity index (χ2n) is 5.12. The van der Waals surface area contributed by atoms with Crippen molar-refractivity contribution >= 4 is 5.96 Å². The number of hydrogen-bond acceptors (Lipinski definition) is 2. The summed E-state index contributed by atoms with van der Waals surface area (Å²) in [6.07, 6.45) is 6.66. The summed E-state index contributed by atoms with van der Waals surface area (Å²) in [5.41, 5.74) is 0. The van der Waals surface area contributed by atoms with Crippen LogP contribution in [0.25, 0.3) is 0 Å². The van der Waals surface area contributed by atoms with Crippen LogP contribution in [0.1, 0.15) is 39.0 Å². The molecule has 17 heavy (non-hydrogen) atoms. The van der Waals surface area contributed by atoms with E-state index < -0.39 is 0 Å². The smallest absolute Gasteiger partial charge is 0.191 e. The third-order valence-corrected chi connectivity index (χ3v) is 3.65. The van der Waals surface area contributed by atoms with Gasteiger partial charge in [-0.15, -0.1) is 0 Å². The van der Waals surface area contributed by atoms with Crippen LogP contribution in [0.2, 0.25) is 0 Å². The molecule has 1 saturated heterocycles. The molecule has 3 atom stereocenters. The van der Waals surface area contributed by atoms with E-state index in [1.165, 1.54) is 32.1 Å². The lowest BCUT2D eigenvalue weighted by atomic mass is 10.2. The van der Waals surface area contributed by atoms with Crippen molar-refractivity contribution in [3.63, 3.8) is 0 Å². The van der Waals surface area contributed by atoms with Crippen LogP contribution < -0.4 is 10.6 Å². The molecule has 3 unspecified atom stereocenters. The molecule has 1 aliphatic carbocycles. The maximum Gasteiger partial charge on any atom is 0.191 e. The van der Waals surface area contributed by atoms with E-state index in [0.717, 1.165) is 25.0 Å². The monoisotopic (exact) mass is 239 g/mol. The van der Waals surface area contributed by atoms with Crippen LogP contribution in [0.5, 0.6) is 0 Å². The molecule has 1 saturated carbocycles. The minimum absolute atomic E-state index is 0.374. The fraction of sp³-hybridized carbons (Fsp3) is 0.923. The van der Waals surface area contributed by atoms with Crippen molar-refractivity contribution in [1.82, 2.24) is 10.6 Å². The van der Waals surface area contributed by atoms with Crippen LogP contribution in [0, 0.1) is 5.92 Å². The molecule has 98 valence electrons. The number of rotatable bonds is 5. The average Bonchev–Trinajstić information content (AvgIpc) is 2.86. The second kappa shape index (κ2) is 6.24. The highest BCUT2D eigenvalue weighted by molar-refractivity contribution is 5.80. The van der Waals surface area contributed by atoms with Gasteiger partial charge in [0, 0.05) is 26.2 Å². The molecule has 2 rings (SSSR count). The Hall–Kier alpha value is -0.770. The fourth-order valence-corrected chi connectivity index (χ4v) is 2.50. The van der Waals surface area contributed by atoms with Gasteiger partial charge in [0.1, 0.15) is 0 Å². The van der Waals surface area contributed by atoms with Gasteiger partial charge < -0.3 is 15.4 Å². The number of ether oxygens (including phenoxy) is 1. The molecule has 0 aromatic heterocycles. The summed E-state index contributed by atoms with van der Waals surface area (Å²) in [4.78, 5) is 4.26. The maximum absolute atomic E-state index is 5.58. The summed E-state index contributed by atoms with van der Waals surface area (Å²) in [5, 5.41) is 6.84. The highest BCUT2D eigenvalue weighted by Gasteiger charge is 2.36. The molecule has 4 nitrogen and oxygen atoms in total. The third-order valence-electron chi connectivity index (χ3n) is 3.65. The number of nitrogens with one attached hydrogen (secondary N) is 2. The van der Waals surface area contributed by atoms with Gasteiger partial charge in [-0.25, -0.2) is 0 Å². The van der Waals surface area contributed by atoms with Crippen LogP contribution in [-0.2, 0) is 4.74 Å². The molecular formula is C13H25N3O. The van der Waals surface area contributed by atoms with E-state index in [9.17, 15) is 0 Å². The molecule has 0 amide bonds. The summed E-state index contributed by atoms with van der Waals surface area (Å²) >= 11 is 0. The van der Waals surface area contributed by atoms with Gasteiger partial charge in [-0.3, -0.25) is 4.99 Å². The molecular weight excluding hydrogens is 214 g/mol. The predicted molar refractivity (Wildman–Crippen MR) is 70.3 cm³/mol. The van der Waals surface area contributed by atoms with E-state index in [2.05, 4.69) is 22.5 Å². The van der Waals surface area contributed by atoms with Gasteiger partial charge >= 0.3 is 0 Å². The van der Waals surface area contributed by atoms with Gasteiger partial charge in [0.05, 0.1) is 6.10 Å². The van der Waals surface area contributed by atoms with Crippen LogP contribution in [-0.4, -0.2) is 38.3 Å². The molecule has 1 heterocycles. The Morgan fingerprint density at radius 3 is 3.00 bits per heavy atom. The Morgan fingerprint density at radius 2 is 2.35 bits per heavy atom. The first-order valence-electron chi connectivity index (χ1n) is 6.92. The summed E-state index contributed by atoms with van der Waals surface area (Å²) in [7, 11) is 1.84. The standard InChI is InChI=1S/C13H25N3O/c1-3-5-10-8-12(10)16-13(14-2)15-9-11-6-4-7-17-11/h10-12H,3-9H2,1-2H3,(H2,14,15,16). The van der Waals surface area contributed by atoms with Crippen LogP contribution in [0.3, 0.4) is 0 Å². The minimum Gasteiger partial charge on any atom is -0.376 e. The second-order valence-corrected chi connectivity index (χ2v) is 5.12. The van der Waals surface area contributed by atoms with Gasteiger partial charge in [0.2, 0.25) is 0 Å². The summed E-state index contributed by atoms with van der Waals surface area (Å²) in [5.74, 6) is 1.80. The van der Waals surface area contributed by atoms with Crippen molar-refractivity contribution in [1.29, 1.82) is 0 Å². The van der Waals surface area contributed by atoms with Crippen molar-refractivity contribution in [2.45, 2.75) is 51.2 Å². The molecule has 2 fully saturated rings. The first kappa shape index (κ1) is 12.7. The number of nitrogens with zero attached hydrogens (tertiary/aromatic N) is 1. The molecule has 1 aliphatic heterocycles. The Morgan fingerprint density at radius 1 is 1.47 bits per heavy atom. The largest absolute Gasteiger partial charge is 0.376 e. The molecule has 0 aromatic carbocycles. The summed E-state index contributed by atoms with van der Waals surface area (Å²) in [6.45, 7) is 4.05. The topological polar surface area (TPSA) is 45.7 Å². The average molecular weight is 239 g/mol. The van der Waals surface area contributed by atoms with Crippen molar-refractivity contribution < 1.29 is 4.74 Å². The zero-order valence-electron chi connectivity index (χ0n) is 11.0. The number of hydrogen-bond donors (Lipinski definition) is 2. The van der Waals surface area contributed by atoms with Gasteiger partial charge in [0.25, 0.3) is 0 Å². The highest BCUT2D eigenvalue weighted by atomic mass is 16.5. The summed E-state index contributed by atoms with van der Waals surface area (Å²) < 4.78 is 5.58. The quantitative estimate of drug-likeness (QED) is 0.565. The summed E-state index contributed by atoms with van der Waals surface area (Å²) in [6, 6.07) is 0.644. The Bertz CT molecular complexity index is 261. The lowest BCUT2D eigenvalue weighted by Crippen LogP contribution is -2.42. The van der Waals surface area contributed by atoms with Crippen molar-refractivity contribution in [2.75, 3.05) is 20.2 Å². The van der Waals surface area contributed by atoms with Crippen LogP contribution >= 0.6 is 0 Å². The number of guanidine groups is 1. The highest BCUT2D eigenvalue weighted by Crippen LogP contribution is 2.34. The lowest BCUT2D eigenvalue weighted by molar-refractivity contribution is 0.114. The predicted octanol–water partition coefficient (Wildman–Crippen LogP) is 1.52. The SMILES string of the molecule is CCCC1CC1NC(=NC)NCC1CCCO1. The normalized spacial score (nSPS) is 32.6. The minimum atomic E-state index is 0.374. The third kappa shape index (κ3) is 3.87. The van der Waals surface area contributed by atoms with E-state index in [-0.39, 0.29) is 0 Å². The maximum atomic E-state index is 5.58. The van der Waals surface area contributed by atoms with E-state index in [1.807, 2.05) is 7.05 Å². The zero-order chi connectivity index (χ0) is 12.1. The van der Waals surface area contributed by atoms with Crippen LogP contribution in [0.4, 0.5) is 0 Å². The molecule has 4 heteroatoms. The lowest BCUT2D eigenvalue weighted by Gasteiger charge is -2.15. The first-order valence-corrected chi connectivity index (χ1v) is 6.92. The van der Waals surface area contributed by atoms with Gasteiger partial charge in [0.15, 0.2) is 5.96 Å². The molecule has 0 radical (unpaired) electrons. The van der Waals surface area contributed by atoms with Crippen molar-refractivity contribution in [3.8, 4) is 0 Å².